The van der Waals surface area contributed by atoms with Crippen LogP contribution < -0.4 is 5.32 Å². The SMILES string of the molecule is CCCOCCOC(=O)C1=C(C)NC(=O)C[C@@H]1c1ccccc1C(F)(F)F. The molecule has 0 bridgehead atoms. The van der Waals surface area contributed by atoms with Gasteiger partial charge in [0.15, 0.2) is 0 Å². The Morgan fingerprint density at radius 1 is 1.22 bits per heavy atom. The van der Waals surface area contributed by atoms with Gasteiger partial charge in [-0.15, -0.1) is 0 Å². The van der Waals surface area contributed by atoms with E-state index in [1.54, 1.807) is 0 Å². The number of hydrogen-bond acceptors (Lipinski definition) is 4. The summed E-state index contributed by atoms with van der Waals surface area (Å²) in [5.74, 6) is -2.23. The minimum Gasteiger partial charge on any atom is -0.460 e. The van der Waals surface area contributed by atoms with Crippen molar-refractivity contribution >= 4 is 11.9 Å². The van der Waals surface area contributed by atoms with Crippen molar-refractivity contribution in [3.05, 3.63) is 46.7 Å². The first-order valence-electron chi connectivity index (χ1n) is 8.67. The Balaban J connectivity index is 2.30. The van der Waals surface area contributed by atoms with Crippen LogP contribution in [0.4, 0.5) is 13.2 Å². The maximum atomic E-state index is 13.4. The Morgan fingerprint density at radius 2 is 1.93 bits per heavy atom. The van der Waals surface area contributed by atoms with Crippen molar-refractivity contribution in [3.63, 3.8) is 0 Å². The fourth-order valence-corrected chi connectivity index (χ4v) is 3.01. The molecule has 0 aromatic heterocycles. The first kappa shape index (κ1) is 21.0. The lowest BCUT2D eigenvalue weighted by atomic mass is 9.82. The van der Waals surface area contributed by atoms with Crippen LogP contribution in [0.3, 0.4) is 0 Å². The van der Waals surface area contributed by atoms with E-state index in [4.69, 9.17) is 9.47 Å². The summed E-state index contributed by atoms with van der Waals surface area (Å²) >= 11 is 0. The van der Waals surface area contributed by atoms with Crippen molar-refractivity contribution in [1.82, 2.24) is 5.32 Å². The first-order valence-corrected chi connectivity index (χ1v) is 8.67. The van der Waals surface area contributed by atoms with E-state index in [0.29, 0.717) is 6.61 Å². The van der Waals surface area contributed by atoms with E-state index in [1.165, 1.54) is 25.1 Å². The van der Waals surface area contributed by atoms with Crippen LogP contribution in [0, 0.1) is 0 Å². The Labute approximate surface area is 155 Å². The number of esters is 1. The number of ether oxygens (including phenoxy) is 2. The van der Waals surface area contributed by atoms with Gasteiger partial charge in [-0.1, -0.05) is 25.1 Å². The largest absolute Gasteiger partial charge is 0.460 e. The van der Waals surface area contributed by atoms with Gasteiger partial charge in [-0.2, -0.15) is 13.2 Å². The Bertz CT molecular complexity index is 728. The highest BCUT2D eigenvalue weighted by molar-refractivity contribution is 5.95. The Morgan fingerprint density at radius 3 is 2.59 bits per heavy atom. The second-order valence-electron chi connectivity index (χ2n) is 6.18. The van der Waals surface area contributed by atoms with E-state index in [-0.39, 0.29) is 36.5 Å². The molecule has 0 radical (unpaired) electrons. The van der Waals surface area contributed by atoms with Crippen molar-refractivity contribution in [3.8, 4) is 0 Å². The molecule has 0 saturated heterocycles. The van der Waals surface area contributed by atoms with Gasteiger partial charge in [0.2, 0.25) is 5.91 Å². The number of carbonyl (C=O) groups excluding carboxylic acids is 2. The van der Waals surface area contributed by atoms with Gasteiger partial charge in [0.25, 0.3) is 0 Å². The third-order valence-electron chi connectivity index (χ3n) is 4.14. The molecule has 0 spiro atoms. The summed E-state index contributed by atoms with van der Waals surface area (Å²) < 4.78 is 50.6. The quantitative estimate of drug-likeness (QED) is 0.576. The summed E-state index contributed by atoms with van der Waals surface area (Å²) in [6, 6.07) is 4.96. The molecule has 2 rings (SSSR count). The summed E-state index contributed by atoms with van der Waals surface area (Å²) in [5, 5.41) is 2.51. The van der Waals surface area contributed by atoms with Gasteiger partial charge in [-0.25, -0.2) is 4.79 Å². The average Bonchev–Trinajstić information content (AvgIpc) is 2.60. The molecule has 5 nitrogen and oxygen atoms in total. The number of benzene rings is 1. The molecular formula is C19H22F3NO4. The van der Waals surface area contributed by atoms with Gasteiger partial charge in [0.1, 0.15) is 6.61 Å². The molecule has 148 valence electrons. The molecule has 1 aromatic carbocycles. The summed E-state index contributed by atoms with van der Waals surface area (Å²) in [4.78, 5) is 24.4. The third kappa shape index (κ3) is 5.32. The molecular weight excluding hydrogens is 363 g/mol. The maximum Gasteiger partial charge on any atom is 0.416 e. The van der Waals surface area contributed by atoms with Gasteiger partial charge >= 0.3 is 12.1 Å². The van der Waals surface area contributed by atoms with Crippen molar-refractivity contribution < 1.29 is 32.2 Å². The zero-order valence-electron chi connectivity index (χ0n) is 15.2. The number of alkyl halides is 3. The molecule has 1 aromatic rings. The predicted molar refractivity (Wildman–Crippen MR) is 91.7 cm³/mol. The molecule has 1 atom stereocenters. The lowest BCUT2D eigenvalue weighted by Gasteiger charge is -2.28. The topological polar surface area (TPSA) is 64.6 Å². The molecule has 8 heteroatoms. The monoisotopic (exact) mass is 385 g/mol. The summed E-state index contributed by atoms with van der Waals surface area (Å²) in [7, 11) is 0. The lowest BCUT2D eigenvalue weighted by Crippen LogP contribution is -2.35. The van der Waals surface area contributed by atoms with E-state index in [1.807, 2.05) is 6.92 Å². The second-order valence-corrected chi connectivity index (χ2v) is 6.18. The number of amides is 1. The van der Waals surface area contributed by atoms with E-state index in [9.17, 15) is 22.8 Å². The van der Waals surface area contributed by atoms with E-state index in [0.717, 1.165) is 12.5 Å². The highest BCUT2D eigenvalue weighted by Gasteiger charge is 2.39. The minimum absolute atomic E-state index is 0.0167. The van der Waals surface area contributed by atoms with E-state index < -0.39 is 29.5 Å². The smallest absolute Gasteiger partial charge is 0.416 e. The highest BCUT2D eigenvalue weighted by atomic mass is 19.4. The van der Waals surface area contributed by atoms with Crippen LogP contribution >= 0.6 is 0 Å². The maximum absolute atomic E-state index is 13.4. The summed E-state index contributed by atoms with van der Waals surface area (Å²) in [6.07, 6.45) is -4.04. The predicted octanol–water partition coefficient (Wildman–Crippen LogP) is 3.55. The molecule has 1 amide bonds. The third-order valence-corrected chi connectivity index (χ3v) is 4.14. The molecule has 0 unspecified atom stereocenters. The normalized spacial score (nSPS) is 17.7. The standard InChI is InChI=1S/C19H22F3NO4/c1-3-8-26-9-10-27-18(25)17-12(2)23-16(24)11-14(17)13-6-4-5-7-15(13)19(20,21)22/h4-7,14H,3,8-11H2,1-2H3,(H,23,24)/t14-/m1/s1. The molecule has 1 heterocycles. The first-order chi connectivity index (χ1) is 12.8. The van der Waals surface area contributed by atoms with Gasteiger partial charge in [0.05, 0.1) is 17.7 Å². The molecule has 0 saturated carbocycles. The Kier molecular flexibility index (Phi) is 7.01. The van der Waals surface area contributed by atoms with Crippen LogP contribution in [0.15, 0.2) is 35.5 Å². The van der Waals surface area contributed by atoms with Crippen LogP contribution in [-0.4, -0.2) is 31.7 Å². The van der Waals surface area contributed by atoms with Crippen molar-refractivity contribution in [2.45, 2.75) is 38.8 Å². The minimum atomic E-state index is -4.60. The molecule has 1 aliphatic heterocycles. The van der Waals surface area contributed by atoms with Crippen LogP contribution in [0.25, 0.3) is 0 Å². The van der Waals surface area contributed by atoms with Crippen LogP contribution in [0.5, 0.6) is 0 Å². The molecule has 1 N–H and O–H groups in total. The van der Waals surface area contributed by atoms with Crippen LogP contribution in [-0.2, 0) is 25.2 Å². The Hall–Kier alpha value is -2.35. The van der Waals surface area contributed by atoms with Crippen molar-refractivity contribution in [2.75, 3.05) is 19.8 Å². The van der Waals surface area contributed by atoms with E-state index in [2.05, 4.69) is 5.32 Å². The number of carbonyl (C=O) groups is 2. The van der Waals surface area contributed by atoms with E-state index >= 15 is 0 Å². The van der Waals surface area contributed by atoms with Gasteiger partial charge in [-0.3, -0.25) is 4.79 Å². The van der Waals surface area contributed by atoms with Crippen molar-refractivity contribution in [2.24, 2.45) is 0 Å². The number of halogens is 3. The fraction of sp³-hybridized carbons (Fsp3) is 0.474. The number of rotatable bonds is 7. The average molecular weight is 385 g/mol. The van der Waals surface area contributed by atoms with Crippen molar-refractivity contribution in [1.29, 1.82) is 0 Å². The van der Waals surface area contributed by atoms with Crippen LogP contribution in [0.2, 0.25) is 0 Å². The number of hydrogen-bond donors (Lipinski definition) is 1. The second kappa shape index (κ2) is 9.03. The molecule has 0 fully saturated rings. The zero-order chi connectivity index (χ0) is 20.0. The zero-order valence-corrected chi connectivity index (χ0v) is 15.2. The summed E-state index contributed by atoms with van der Waals surface area (Å²) in [5.41, 5.74) is -0.753. The van der Waals surface area contributed by atoms with Gasteiger partial charge < -0.3 is 14.8 Å². The van der Waals surface area contributed by atoms with Gasteiger partial charge in [0, 0.05) is 24.6 Å². The summed E-state index contributed by atoms with van der Waals surface area (Å²) in [6.45, 7) is 4.12. The molecule has 1 aliphatic rings. The molecule has 0 aliphatic carbocycles. The van der Waals surface area contributed by atoms with Gasteiger partial charge in [-0.05, 0) is 25.0 Å². The van der Waals surface area contributed by atoms with Crippen LogP contribution in [0.1, 0.15) is 43.7 Å². The number of allylic oxidation sites excluding steroid dienone is 1. The number of nitrogens with one attached hydrogen (secondary N) is 1. The fourth-order valence-electron chi connectivity index (χ4n) is 3.01. The lowest BCUT2D eigenvalue weighted by molar-refractivity contribution is -0.142. The molecule has 27 heavy (non-hydrogen) atoms. The highest BCUT2D eigenvalue weighted by Crippen LogP contribution is 2.41.